The molecule has 0 amide bonds. The minimum atomic E-state index is -0.955. The zero-order valence-corrected chi connectivity index (χ0v) is 34.9. The molecule has 0 aromatic rings. The van der Waals surface area contributed by atoms with Crippen molar-refractivity contribution < 1.29 is 53.3 Å². The van der Waals surface area contributed by atoms with Gasteiger partial charge >= 0.3 is 0 Å². The second kappa shape index (κ2) is 20.0. The summed E-state index contributed by atoms with van der Waals surface area (Å²) in [7, 11) is 3.38. The van der Waals surface area contributed by atoms with Crippen LogP contribution in [0.3, 0.4) is 0 Å². The smallest absolute Gasteiger partial charge is 0.135 e. The summed E-state index contributed by atoms with van der Waals surface area (Å²) < 4.78 is 46.3. The van der Waals surface area contributed by atoms with Gasteiger partial charge in [-0.1, -0.05) is 42.7 Å². The number of aliphatic hydroxyl groups excluding tert-OH is 3. The normalized spacial score (nSPS) is 43.8. The summed E-state index contributed by atoms with van der Waals surface area (Å²) >= 11 is 2.39. The number of hydrogen-bond acceptors (Lipinski definition) is 11. The number of hydrogen-bond donors (Lipinski definition) is 3. The van der Waals surface area contributed by atoms with Gasteiger partial charge in [-0.25, -0.2) is 0 Å². The molecule has 308 valence electrons. The molecule has 54 heavy (non-hydrogen) atoms. The molecule has 1 saturated carbocycles. The van der Waals surface area contributed by atoms with E-state index in [1.54, 1.807) is 14.2 Å². The van der Waals surface area contributed by atoms with Crippen molar-refractivity contribution in [3.8, 4) is 0 Å². The lowest BCUT2D eigenvalue weighted by molar-refractivity contribution is -0.182. The number of carbonyl (C=O) groups excluding carboxylic acids is 1. The molecule has 7 heterocycles. The average molecular weight is 875 g/mol. The van der Waals surface area contributed by atoms with Gasteiger partial charge in [-0.15, -0.1) is 0 Å². The van der Waals surface area contributed by atoms with Gasteiger partial charge in [0.05, 0.1) is 86.0 Å². The summed E-state index contributed by atoms with van der Waals surface area (Å²) in [5, 5.41) is 31.6. The minimum absolute atomic E-state index is 0.0224. The summed E-state index contributed by atoms with van der Waals surface area (Å²) in [5.41, 5.74) is 2.15. The van der Waals surface area contributed by atoms with Crippen molar-refractivity contribution in [2.45, 2.75) is 176 Å². The van der Waals surface area contributed by atoms with E-state index in [1.807, 2.05) is 0 Å². The molecule has 3 N–H and O–H groups in total. The molecule has 7 saturated heterocycles. The molecule has 8 bridgehead atoms. The molecule has 7 aliphatic heterocycles. The second-order valence-corrected chi connectivity index (χ2v) is 18.3. The van der Waals surface area contributed by atoms with Crippen LogP contribution in [0.25, 0.3) is 0 Å². The molecule has 0 radical (unpaired) electrons. The van der Waals surface area contributed by atoms with Crippen LogP contribution in [0.4, 0.5) is 0 Å². The Kier molecular flexibility index (Phi) is 15.9. The van der Waals surface area contributed by atoms with Crippen LogP contribution >= 0.6 is 22.6 Å². The Bertz CT molecular complexity index is 1250. The average Bonchev–Trinajstić information content (AvgIpc) is 3.66. The van der Waals surface area contributed by atoms with Gasteiger partial charge in [0, 0.05) is 56.9 Å². The van der Waals surface area contributed by atoms with Crippen molar-refractivity contribution >= 4 is 28.4 Å². The molecule has 1 unspecified atom stereocenters. The van der Waals surface area contributed by atoms with Gasteiger partial charge in [0.2, 0.25) is 0 Å². The SMILES string of the molecule is C=C1C[C@@H]2CCO[C@H]([C@H](CCI)OC)[C@@H]3C[C@H]4CC[C@H](CC(=O)C[C@H]5C(C[C@H]6O[C@@H](CC[C@@H]1O2)C[C@@H](C)C6=C)O[C@H](C[C@H](O)CO)[C@@H]5OC)O[C@@H]4[C@H](O)C3. The van der Waals surface area contributed by atoms with E-state index in [0.29, 0.717) is 19.4 Å². The van der Waals surface area contributed by atoms with Gasteiger partial charge in [-0.2, -0.15) is 0 Å². The number of aliphatic hydroxyl groups is 3. The molecule has 0 aromatic heterocycles. The Morgan fingerprint density at radius 1 is 0.889 bits per heavy atom. The highest BCUT2D eigenvalue weighted by Crippen LogP contribution is 2.44. The van der Waals surface area contributed by atoms with Crippen LogP contribution in [0.2, 0.25) is 0 Å². The number of methoxy groups -OCH3 is 2. The van der Waals surface area contributed by atoms with Gasteiger partial charge in [0.1, 0.15) is 5.78 Å². The first-order valence-electron chi connectivity index (χ1n) is 20.7. The van der Waals surface area contributed by atoms with Crippen LogP contribution in [-0.2, 0) is 38.0 Å². The van der Waals surface area contributed by atoms with Gasteiger partial charge in [-0.05, 0) is 93.1 Å². The van der Waals surface area contributed by atoms with Gasteiger partial charge in [0.15, 0.2) is 0 Å². The van der Waals surface area contributed by atoms with E-state index in [4.69, 9.17) is 33.2 Å². The van der Waals surface area contributed by atoms with Crippen LogP contribution in [-0.4, -0.2) is 132 Å². The summed E-state index contributed by atoms with van der Waals surface area (Å²) in [5.74, 6) is 0.369. The maximum atomic E-state index is 13.9. The van der Waals surface area contributed by atoms with Gasteiger partial charge in [0.25, 0.3) is 0 Å². The van der Waals surface area contributed by atoms with Crippen molar-refractivity contribution in [1.82, 2.24) is 0 Å². The molecular formula is C42H67IO11. The molecule has 8 aliphatic rings. The van der Waals surface area contributed by atoms with E-state index < -0.39 is 24.4 Å². The second-order valence-electron chi connectivity index (χ2n) is 17.2. The summed E-state index contributed by atoms with van der Waals surface area (Å²) in [6.07, 6.45) is 5.42. The molecule has 0 spiro atoms. The van der Waals surface area contributed by atoms with Crippen LogP contribution in [0, 0.1) is 23.7 Å². The quantitative estimate of drug-likeness (QED) is 0.167. The van der Waals surface area contributed by atoms with Crippen molar-refractivity contribution in [2.75, 3.05) is 31.9 Å². The molecule has 12 heteroatoms. The van der Waals surface area contributed by atoms with Crippen LogP contribution in [0.1, 0.15) is 96.8 Å². The highest BCUT2D eigenvalue weighted by Gasteiger charge is 2.49. The van der Waals surface area contributed by atoms with Crippen molar-refractivity contribution in [3.05, 3.63) is 24.3 Å². The first-order valence-corrected chi connectivity index (χ1v) is 22.2. The summed E-state index contributed by atoms with van der Waals surface area (Å²) in [6.45, 7) is 11.2. The van der Waals surface area contributed by atoms with E-state index >= 15 is 0 Å². The zero-order chi connectivity index (χ0) is 38.5. The predicted octanol–water partition coefficient (Wildman–Crippen LogP) is 5.28. The number of rotatable bonds is 8. The molecule has 8 fully saturated rings. The summed E-state index contributed by atoms with van der Waals surface area (Å²) in [6, 6.07) is 0. The Hall–Kier alpha value is -0.520. The topological polar surface area (TPSA) is 142 Å². The Labute approximate surface area is 336 Å². The van der Waals surface area contributed by atoms with E-state index in [9.17, 15) is 20.1 Å². The standard InChI is InChI=1S/C42H67IO11/c1-23-14-30-8-9-35-24(2)15-32(51-35)11-13-50-41(36(48-4)10-12-43)27-16-26-6-7-31(53-40(26)34(47)17-27)18-28(45)19-33-38(21-37(52-30)25(23)3)54-39(42(33)49-5)20-29(46)22-44/h23,26-27,29-42,44,46-47H,2-3,6-22H2,1,4-5H3/t23-,26-,27-,29+,30+,31-,32+,33+,34-,35+,36+,37-,38?,39-,40+,41+,42-/m1/s1. The van der Waals surface area contributed by atoms with Crippen LogP contribution in [0.5, 0.6) is 0 Å². The fourth-order valence-electron chi connectivity index (χ4n) is 10.6. The summed E-state index contributed by atoms with van der Waals surface area (Å²) in [4.78, 5) is 13.9. The Balaban J connectivity index is 1.24. The molecule has 8 rings (SSSR count). The van der Waals surface area contributed by atoms with Crippen LogP contribution < -0.4 is 0 Å². The Morgan fingerprint density at radius 2 is 1.65 bits per heavy atom. The molecule has 0 aromatic carbocycles. The number of halogens is 1. The first-order chi connectivity index (χ1) is 26.0. The molecular weight excluding hydrogens is 807 g/mol. The number of ketones is 1. The molecule has 11 nitrogen and oxygen atoms in total. The number of Topliss-reactive ketones (excluding diaryl/α,β-unsaturated/α-hetero) is 1. The van der Waals surface area contributed by atoms with Crippen molar-refractivity contribution in [3.63, 3.8) is 0 Å². The van der Waals surface area contributed by atoms with Crippen molar-refractivity contribution in [1.29, 1.82) is 0 Å². The fourth-order valence-corrected chi connectivity index (χ4v) is 11.2. The van der Waals surface area contributed by atoms with Gasteiger partial charge < -0.3 is 48.5 Å². The largest absolute Gasteiger partial charge is 0.394 e. The lowest BCUT2D eigenvalue weighted by atomic mass is 9.71. The maximum Gasteiger partial charge on any atom is 0.135 e. The first kappa shape index (κ1) is 43.1. The van der Waals surface area contributed by atoms with E-state index in [-0.39, 0.29) is 110 Å². The number of fused-ring (bicyclic) bond motifs is 2. The third-order valence-electron chi connectivity index (χ3n) is 13.5. The monoisotopic (exact) mass is 874 g/mol. The van der Waals surface area contributed by atoms with Crippen molar-refractivity contribution in [2.24, 2.45) is 23.7 Å². The minimum Gasteiger partial charge on any atom is -0.394 e. The highest BCUT2D eigenvalue weighted by atomic mass is 127. The van der Waals surface area contributed by atoms with Crippen LogP contribution in [0.15, 0.2) is 24.3 Å². The third-order valence-corrected chi connectivity index (χ3v) is 14.1. The van der Waals surface area contributed by atoms with E-state index in [2.05, 4.69) is 42.7 Å². The lowest BCUT2D eigenvalue weighted by Crippen LogP contribution is -2.52. The Morgan fingerprint density at radius 3 is 2.39 bits per heavy atom. The van der Waals surface area contributed by atoms with E-state index in [0.717, 1.165) is 73.4 Å². The maximum absolute atomic E-state index is 13.9. The molecule has 17 atom stereocenters. The number of ether oxygens (including phenoxy) is 7. The fraction of sp³-hybridized carbons (Fsp3) is 0.881. The number of carbonyl (C=O) groups is 1. The zero-order valence-electron chi connectivity index (χ0n) is 32.7. The highest BCUT2D eigenvalue weighted by molar-refractivity contribution is 14.1. The van der Waals surface area contributed by atoms with E-state index in [1.165, 1.54) is 0 Å². The number of alkyl halides is 1. The molecule has 1 aliphatic carbocycles. The lowest BCUT2D eigenvalue weighted by Gasteiger charge is -2.47. The van der Waals surface area contributed by atoms with Gasteiger partial charge in [-0.3, -0.25) is 4.79 Å². The third kappa shape index (κ3) is 10.4. The predicted molar refractivity (Wildman–Crippen MR) is 212 cm³/mol.